The lowest BCUT2D eigenvalue weighted by molar-refractivity contribution is -0.138. The number of benzene rings is 3. The van der Waals surface area contributed by atoms with E-state index in [0.29, 0.717) is 52.1 Å². The van der Waals surface area contributed by atoms with Crippen LogP contribution >= 0.6 is 11.6 Å². The summed E-state index contributed by atoms with van der Waals surface area (Å²) in [7, 11) is 0. The number of rotatable bonds is 9. The van der Waals surface area contributed by atoms with Crippen molar-refractivity contribution in [2.24, 2.45) is 0 Å². The molecule has 1 aliphatic rings. The average molecular weight is 507 g/mol. The Balaban J connectivity index is 1.71. The number of amides is 2. The minimum absolute atomic E-state index is 0.201. The summed E-state index contributed by atoms with van der Waals surface area (Å²) in [6.07, 6.45) is 0. The van der Waals surface area contributed by atoms with E-state index >= 15 is 0 Å². The molecule has 1 heterocycles. The van der Waals surface area contributed by atoms with Gasteiger partial charge in [-0.15, -0.1) is 0 Å². The van der Waals surface area contributed by atoms with E-state index in [9.17, 15) is 9.59 Å². The summed E-state index contributed by atoms with van der Waals surface area (Å²) in [5.41, 5.74) is 3.03. The number of hydrogen-bond acceptors (Lipinski definition) is 5. The van der Waals surface area contributed by atoms with E-state index in [4.69, 9.17) is 25.8 Å². The average Bonchev–Trinajstić information content (AvgIpc) is 2.89. The first-order valence-corrected chi connectivity index (χ1v) is 12.1. The number of nitrogens with one attached hydrogen (secondary N) is 2. The lowest BCUT2D eigenvalue weighted by Gasteiger charge is -2.30. The van der Waals surface area contributed by atoms with Gasteiger partial charge in [0, 0.05) is 5.02 Å². The van der Waals surface area contributed by atoms with E-state index in [2.05, 4.69) is 10.6 Å². The zero-order valence-electron chi connectivity index (χ0n) is 20.0. The van der Waals surface area contributed by atoms with Crippen LogP contribution in [0.4, 0.5) is 4.79 Å². The molecule has 3 aromatic rings. The van der Waals surface area contributed by atoms with Gasteiger partial charge in [0.1, 0.15) is 6.61 Å². The van der Waals surface area contributed by atoms with Gasteiger partial charge in [0.05, 0.1) is 30.5 Å². The highest BCUT2D eigenvalue weighted by molar-refractivity contribution is 6.30. The molecule has 1 aliphatic heterocycles. The van der Waals surface area contributed by atoms with Crippen LogP contribution in [0.15, 0.2) is 78.4 Å². The minimum atomic E-state index is -0.752. The van der Waals surface area contributed by atoms with Gasteiger partial charge in [0.25, 0.3) is 0 Å². The molecule has 186 valence electrons. The Kier molecular flexibility index (Phi) is 8.13. The van der Waals surface area contributed by atoms with E-state index in [1.165, 1.54) is 0 Å². The smallest absolute Gasteiger partial charge is 0.338 e. The summed E-state index contributed by atoms with van der Waals surface area (Å²) in [6.45, 7) is 4.55. The van der Waals surface area contributed by atoms with E-state index in [-0.39, 0.29) is 6.61 Å². The van der Waals surface area contributed by atoms with Crippen molar-refractivity contribution in [2.75, 3.05) is 13.2 Å². The van der Waals surface area contributed by atoms with Gasteiger partial charge in [-0.3, -0.25) is 0 Å². The molecule has 0 bridgehead atoms. The van der Waals surface area contributed by atoms with Crippen LogP contribution in [0.1, 0.15) is 36.6 Å². The number of ether oxygens (including phenoxy) is 3. The number of hydrogen-bond donors (Lipinski definition) is 2. The van der Waals surface area contributed by atoms with E-state index in [0.717, 1.165) is 5.56 Å². The predicted molar refractivity (Wildman–Crippen MR) is 138 cm³/mol. The number of carbonyl (C=O) groups is 2. The molecule has 4 rings (SSSR count). The molecule has 3 aromatic carbocycles. The number of esters is 1. The van der Waals surface area contributed by atoms with Crippen molar-refractivity contribution in [1.82, 2.24) is 10.6 Å². The lowest BCUT2D eigenvalue weighted by atomic mass is 9.92. The van der Waals surface area contributed by atoms with E-state index in [1.807, 2.05) is 49.4 Å². The van der Waals surface area contributed by atoms with Crippen LogP contribution in [0.5, 0.6) is 11.5 Å². The fourth-order valence-corrected chi connectivity index (χ4v) is 4.04. The Bertz CT molecular complexity index is 1260. The van der Waals surface area contributed by atoms with Gasteiger partial charge >= 0.3 is 12.0 Å². The molecule has 0 aromatic heterocycles. The Morgan fingerprint density at radius 2 is 1.67 bits per heavy atom. The molecule has 36 heavy (non-hydrogen) atoms. The van der Waals surface area contributed by atoms with Crippen LogP contribution in [0, 0.1) is 0 Å². The highest BCUT2D eigenvalue weighted by atomic mass is 35.5. The predicted octanol–water partition coefficient (Wildman–Crippen LogP) is 5.65. The Morgan fingerprint density at radius 1 is 0.917 bits per heavy atom. The second kappa shape index (κ2) is 11.6. The van der Waals surface area contributed by atoms with Crippen molar-refractivity contribution < 1.29 is 23.8 Å². The van der Waals surface area contributed by atoms with E-state index < -0.39 is 18.0 Å². The highest BCUT2D eigenvalue weighted by Crippen LogP contribution is 2.37. The highest BCUT2D eigenvalue weighted by Gasteiger charge is 2.34. The molecule has 2 N–H and O–H groups in total. The molecule has 8 heteroatoms. The SMILES string of the molecule is CCOC(=O)C1=C(c2ccccc2)NC(=O)N[C@@H]1c1ccc(OCc2ccc(Cl)cc2)c(OCC)c1. The van der Waals surface area contributed by atoms with Crippen LogP contribution < -0.4 is 20.1 Å². The summed E-state index contributed by atoms with van der Waals surface area (Å²) in [4.78, 5) is 25.7. The molecule has 0 spiro atoms. The maximum absolute atomic E-state index is 13.1. The topological polar surface area (TPSA) is 85.9 Å². The Morgan fingerprint density at radius 3 is 2.36 bits per heavy atom. The zero-order chi connectivity index (χ0) is 25.5. The van der Waals surface area contributed by atoms with Gasteiger partial charge in [-0.25, -0.2) is 9.59 Å². The molecule has 0 fully saturated rings. The van der Waals surface area contributed by atoms with Gasteiger partial charge in [0.2, 0.25) is 0 Å². The van der Waals surface area contributed by atoms with Crippen LogP contribution in [0.2, 0.25) is 5.02 Å². The summed E-state index contributed by atoms with van der Waals surface area (Å²) < 4.78 is 17.2. The van der Waals surface area contributed by atoms with Crippen LogP contribution in [-0.4, -0.2) is 25.2 Å². The van der Waals surface area contributed by atoms with E-state index in [1.54, 1.807) is 37.3 Å². The van der Waals surface area contributed by atoms with Crippen molar-refractivity contribution in [3.63, 3.8) is 0 Å². The second-order valence-electron chi connectivity index (χ2n) is 7.96. The molecule has 0 aliphatic carbocycles. The fraction of sp³-hybridized carbons (Fsp3) is 0.214. The molecule has 7 nitrogen and oxygen atoms in total. The van der Waals surface area contributed by atoms with Crippen LogP contribution in [0.3, 0.4) is 0 Å². The Labute approximate surface area is 215 Å². The van der Waals surface area contributed by atoms with Crippen molar-refractivity contribution in [2.45, 2.75) is 26.5 Å². The van der Waals surface area contributed by atoms with Crippen molar-refractivity contribution in [3.8, 4) is 11.5 Å². The standard InChI is InChI=1S/C28H27ClN2O5/c1-3-34-23-16-20(12-15-22(23)36-17-18-10-13-21(29)14-11-18)26-24(27(32)35-4-2)25(30-28(33)31-26)19-8-6-5-7-9-19/h5-16,26H,3-4,17H2,1-2H3,(H2,30,31,33)/t26-/m1/s1. The first-order valence-electron chi connectivity index (χ1n) is 11.7. The number of carbonyl (C=O) groups excluding carboxylic acids is 2. The maximum Gasteiger partial charge on any atom is 0.338 e. The molecule has 0 saturated carbocycles. The summed E-state index contributed by atoms with van der Waals surface area (Å²) in [6, 6.07) is 20.8. The molecular formula is C28H27ClN2O5. The minimum Gasteiger partial charge on any atom is -0.490 e. The second-order valence-corrected chi connectivity index (χ2v) is 8.40. The monoisotopic (exact) mass is 506 g/mol. The molecule has 0 saturated heterocycles. The maximum atomic E-state index is 13.1. The fourth-order valence-electron chi connectivity index (χ4n) is 3.91. The van der Waals surface area contributed by atoms with Gasteiger partial charge in [-0.2, -0.15) is 0 Å². The third-order valence-electron chi connectivity index (χ3n) is 5.54. The molecule has 1 atom stereocenters. The van der Waals surface area contributed by atoms with Gasteiger partial charge < -0.3 is 24.8 Å². The van der Waals surface area contributed by atoms with Crippen LogP contribution in [-0.2, 0) is 16.1 Å². The summed E-state index contributed by atoms with van der Waals surface area (Å²) in [5.74, 6) is 0.525. The molecule has 0 radical (unpaired) electrons. The zero-order valence-corrected chi connectivity index (χ0v) is 20.8. The lowest BCUT2D eigenvalue weighted by Crippen LogP contribution is -2.45. The third-order valence-corrected chi connectivity index (χ3v) is 5.79. The van der Waals surface area contributed by atoms with Crippen LogP contribution in [0.25, 0.3) is 5.70 Å². The number of halogens is 1. The van der Waals surface area contributed by atoms with Crippen molar-refractivity contribution in [1.29, 1.82) is 0 Å². The molecule has 2 amide bonds. The largest absolute Gasteiger partial charge is 0.490 e. The van der Waals surface area contributed by atoms with Gasteiger partial charge in [-0.1, -0.05) is 60.1 Å². The van der Waals surface area contributed by atoms with Crippen molar-refractivity contribution >= 4 is 29.3 Å². The van der Waals surface area contributed by atoms with Crippen molar-refractivity contribution in [3.05, 3.63) is 100 Å². The summed E-state index contributed by atoms with van der Waals surface area (Å²) in [5, 5.41) is 6.29. The first kappa shape index (κ1) is 25.1. The molecule has 0 unspecified atom stereocenters. The van der Waals surface area contributed by atoms with Gasteiger partial charge in [0.15, 0.2) is 11.5 Å². The molecular weight excluding hydrogens is 480 g/mol. The quantitative estimate of drug-likeness (QED) is 0.366. The van der Waals surface area contributed by atoms with Gasteiger partial charge in [-0.05, 0) is 54.8 Å². The number of urea groups is 1. The summed E-state index contributed by atoms with van der Waals surface area (Å²) >= 11 is 5.97. The third kappa shape index (κ3) is 5.80. The Hall–Kier alpha value is -3.97. The normalized spacial score (nSPS) is 15.1. The first-order chi connectivity index (χ1) is 17.5.